The Labute approximate surface area is 149 Å². The molecule has 5 nitrogen and oxygen atoms in total. The van der Waals surface area contributed by atoms with Gasteiger partial charge < -0.3 is 15.5 Å². The Bertz CT molecular complexity index is 600. The highest BCUT2D eigenvalue weighted by molar-refractivity contribution is 5.81. The summed E-state index contributed by atoms with van der Waals surface area (Å²) >= 11 is 0. The zero-order valence-corrected chi connectivity index (χ0v) is 15.2. The number of carbonyl (C=O) groups excluding carboxylic acids is 1. The van der Waals surface area contributed by atoms with Crippen LogP contribution in [0.5, 0.6) is 0 Å². The van der Waals surface area contributed by atoms with Crippen molar-refractivity contribution in [2.45, 2.75) is 26.3 Å². The third-order valence-corrected chi connectivity index (χ3v) is 5.77. The van der Waals surface area contributed by atoms with Crippen molar-refractivity contribution in [3.8, 4) is 0 Å². The zero-order chi connectivity index (χ0) is 18.0. The van der Waals surface area contributed by atoms with E-state index in [1.54, 1.807) is 12.1 Å². The lowest BCUT2D eigenvalue weighted by molar-refractivity contribution is -0.136. The van der Waals surface area contributed by atoms with Gasteiger partial charge in [0, 0.05) is 38.4 Å². The molecule has 0 spiro atoms. The van der Waals surface area contributed by atoms with Crippen molar-refractivity contribution in [1.82, 2.24) is 9.80 Å². The van der Waals surface area contributed by atoms with Gasteiger partial charge in [-0.1, -0.05) is 6.92 Å². The Kier molecular flexibility index (Phi) is 5.29. The fraction of sp³-hybridized carbons (Fsp3) is 0.632. The molecule has 25 heavy (non-hydrogen) atoms. The zero-order valence-electron chi connectivity index (χ0n) is 15.2. The number of amides is 1. The smallest absolute Gasteiger partial charge is 0.239 e. The molecule has 2 atom stereocenters. The van der Waals surface area contributed by atoms with E-state index < -0.39 is 0 Å². The maximum absolute atomic E-state index is 13.1. The second-order valence-corrected chi connectivity index (χ2v) is 7.70. The largest absolute Gasteiger partial charge is 0.368 e. The van der Waals surface area contributed by atoms with Gasteiger partial charge in [0.2, 0.25) is 5.91 Å². The molecule has 2 fully saturated rings. The molecule has 2 N–H and O–H groups in total. The van der Waals surface area contributed by atoms with Gasteiger partial charge in [0.1, 0.15) is 5.82 Å². The van der Waals surface area contributed by atoms with Gasteiger partial charge in [-0.2, -0.15) is 0 Å². The van der Waals surface area contributed by atoms with Gasteiger partial charge in [0.05, 0.1) is 6.04 Å². The number of anilines is 1. The topological polar surface area (TPSA) is 52.8 Å². The number of piperazine rings is 1. The number of hydrogen-bond acceptors (Lipinski definition) is 4. The predicted molar refractivity (Wildman–Crippen MR) is 98.0 cm³/mol. The highest BCUT2D eigenvalue weighted by Crippen LogP contribution is 2.30. The van der Waals surface area contributed by atoms with Crippen LogP contribution in [0.1, 0.15) is 20.3 Å². The van der Waals surface area contributed by atoms with Crippen molar-refractivity contribution in [1.29, 1.82) is 0 Å². The van der Waals surface area contributed by atoms with E-state index in [4.69, 9.17) is 5.73 Å². The van der Waals surface area contributed by atoms with Crippen LogP contribution >= 0.6 is 0 Å². The Morgan fingerprint density at radius 2 is 1.84 bits per heavy atom. The summed E-state index contributed by atoms with van der Waals surface area (Å²) in [6.45, 7) is 9.70. The molecule has 0 aliphatic carbocycles. The molecule has 0 saturated carbocycles. The normalized spacial score (nSPS) is 26.1. The summed E-state index contributed by atoms with van der Waals surface area (Å²) in [5, 5.41) is 0. The molecular formula is C19H29FN4O. The van der Waals surface area contributed by atoms with Crippen LogP contribution in [0.3, 0.4) is 0 Å². The highest BCUT2D eigenvalue weighted by Gasteiger charge is 2.38. The molecule has 138 valence electrons. The number of benzene rings is 1. The monoisotopic (exact) mass is 348 g/mol. The molecule has 2 saturated heterocycles. The maximum Gasteiger partial charge on any atom is 0.239 e. The molecule has 2 aliphatic heterocycles. The highest BCUT2D eigenvalue weighted by atomic mass is 19.1. The maximum atomic E-state index is 13.1. The SMILES string of the molecule is CC(C(=O)N1CCN(c2ccc(F)cc2)CC1)N1CCC(C)(CN)C1. The van der Waals surface area contributed by atoms with Crippen LogP contribution < -0.4 is 10.6 Å². The van der Waals surface area contributed by atoms with E-state index in [1.807, 2.05) is 11.8 Å². The van der Waals surface area contributed by atoms with Gasteiger partial charge in [0.25, 0.3) is 0 Å². The third-order valence-electron chi connectivity index (χ3n) is 5.77. The Hall–Kier alpha value is -1.66. The third kappa shape index (κ3) is 3.96. The lowest BCUT2D eigenvalue weighted by atomic mass is 9.90. The molecule has 2 unspecified atom stereocenters. The summed E-state index contributed by atoms with van der Waals surface area (Å²) in [6.07, 6.45) is 1.06. The van der Waals surface area contributed by atoms with Crippen LogP contribution in [0, 0.1) is 11.2 Å². The van der Waals surface area contributed by atoms with E-state index in [1.165, 1.54) is 12.1 Å². The fourth-order valence-electron chi connectivity index (χ4n) is 3.82. The van der Waals surface area contributed by atoms with E-state index in [2.05, 4.69) is 16.7 Å². The van der Waals surface area contributed by atoms with Gasteiger partial charge in [-0.25, -0.2) is 4.39 Å². The Balaban J connectivity index is 1.54. The van der Waals surface area contributed by atoms with E-state index >= 15 is 0 Å². The molecule has 6 heteroatoms. The number of halogens is 1. The molecule has 2 aliphatic rings. The van der Waals surface area contributed by atoms with Crippen LogP contribution in [-0.2, 0) is 4.79 Å². The second kappa shape index (κ2) is 7.30. The van der Waals surface area contributed by atoms with Gasteiger partial charge >= 0.3 is 0 Å². The first-order valence-corrected chi connectivity index (χ1v) is 9.15. The van der Waals surface area contributed by atoms with Gasteiger partial charge in [-0.15, -0.1) is 0 Å². The quantitative estimate of drug-likeness (QED) is 0.897. The summed E-state index contributed by atoms with van der Waals surface area (Å²) in [5.41, 5.74) is 7.03. The molecule has 0 bridgehead atoms. The van der Waals surface area contributed by atoms with E-state index in [9.17, 15) is 9.18 Å². The van der Waals surface area contributed by atoms with Gasteiger partial charge in [-0.05, 0) is 56.1 Å². The van der Waals surface area contributed by atoms with Crippen molar-refractivity contribution in [2.75, 3.05) is 50.7 Å². The molecular weight excluding hydrogens is 319 g/mol. The van der Waals surface area contributed by atoms with Crippen molar-refractivity contribution in [3.05, 3.63) is 30.1 Å². The average molecular weight is 348 g/mol. The molecule has 0 aromatic heterocycles. The number of likely N-dealkylation sites (tertiary alicyclic amines) is 1. The molecule has 1 aromatic rings. The Morgan fingerprint density at radius 1 is 1.20 bits per heavy atom. The summed E-state index contributed by atoms with van der Waals surface area (Å²) < 4.78 is 13.1. The van der Waals surface area contributed by atoms with Crippen LogP contribution in [0.4, 0.5) is 10.1 Å². The lowest BCUT2D eigenvalue weighted by Gasteiger charge is -2.38. The first kappa shape index (κ1) is 18.1. The average Bonchev–Trinajstić information content (AvgIpc) is 3.04. The van der Waals surface area contributed by atoms with E-state index in [0.717, 1.165) is 38.3 Å². The second-order valence-electron chi connectivity index (χ2n) is 7.70. The minimum atomic E-state index is -0.221. The number of rotatable bonds is 4. The molecule has 1 amide bonds. The van der Waals surface area contributed by atoms with Crippen LogP contribution in [0.15, 0.2) is 24.3 Å². The van der Waals surface area contributed by atoms with Crippen molar-refractivity contribution >= 4 is 11.6 Å². The molecule has 0 radical (unpaired) electrons. The van der Waals surface area contributed by atoms with E-state index in [0.29, 0.717) is 19.6 Å². The van der Waals surface area contributed by atoms with Crippen molar-refractivity contribution < 1.29 is 9.18 Å². The molecule has 1 aromatic carbocycles. The number of carbonyl (C=O) groups is 1. The lowest BCUT2D eigenvalue weighted by Crippen LogP contribution is -2.54. The summed E-state index contributed by atoms with van der Waals surface area (Å²) in [7, 11) is 0. The first-order chi connectivity index (χ1) is 11.9. The Morgan fingerprint density at radius 3 is 2.40 bits per heavy atom. The molecule has 2 heterocycles. The first-order valence-electron chi connectivity index (χ1n) is 9.15. The van der Waals surface area contributed by atoms with Crippen LogP contribution in [0.2, 0.25) is 0 Å². The molecule has 3 rings (SSSR count). The van der Waals surface area contributed by atoms with E-state index in [-0.39, 0.29) is 23.2 Å². The standard InChI is InChI=1S/C19H29FN4O/c1-15(24-8-7-19(2,13-21)14-24)18(25)23-11-9-22(10-12-23)17-5-3-16(20)4-6-17/h3-6,15H,7-14,21H2,1-2H3. The number of nitrogens with zero attached hydrogens (tertiary/aromatic N) is 3. The summed E-state index contributed by atoms with van der Waals surface area (Å²) in [6, 6.07) is 6.47. The van der Waals surface area contributed by atoms with Gasteiger partial charge in [-0.3, -0.25) is 9.69 Å². The summed E-state index contributed by atoms with van der Waals surface area (Å²) in [5.74, 6) is -0.0125. The minimum absolute atomic E-state index is 0.0919. The van der Waals surface area contributed by atoms with Crippen molar-refractivity contribution in [2.24, 2.45) is 11.1 Å². The fourth-order valence-corrected chi connectivity index (χ4v) is 3.82. The predicted octanol–water partition coefficient (Wildman–Crippen LogP) is 1.53. The minimum Gasteiger partial charge on any atom is -0.368 e. The van der Waals surface area contributed by atoms with Crippen molar-refractivity contribution in [3.63, 3.8) is 0 Å². The number of nitrogens with two attached hydrogens (primary N) is 1. The van der Waals surface area contributed by atoms with Gasteiger partial charge in [0.15, 0.2) is 0 Å². The van der Waals surface area contributed by atoms with Crippen LogP contribution in [0.25, 0.3) is 0 Å². The van der Waals surface area contributed by atoms with Crippen LogP contribution in [-0.4, -0.2) is 67.6 Å². The number of hydrogen-bond donors (Lipinski definition) is 1. The summed E-state index contributed by atoms with van der Waals surface area (Å²) in [4.78, 5) is 19.3.